The Kier molecular flexibility index (Phi) is 9.46. The van der Waals surface area contributed by atoms with Crippen molar-refractivity contribution in [2.75, 3.05) is 20.0 Å². The molecule has 0 unspecified atom stereocenters. The lowest BCUT2D eigenvalue weighted by molar-refractivity contribution is -0.130. The van der Waals surface area contributed by atoms with Crippen LogP contribution in [-0.2, 0) is 11.3 Å². The summed E-state index contributed by atoms with van der Waals surface area (Å²) in [4.78, 5) is 27.8. The second-order valence-corrected chi connectivity index (χ2v) is 12.4. The summed E-state index contributed by atoms with van der Waals surface area (Å²) < 4.78 is 12.8. The minimum Gasteiger partial charge on any atom is -0.497 e. The summed E-state index contributed by atoms with van der Waals surface area (Å²) in [6.45, 7) is 2.06. The molecule has 0 bridgehead atoms. The number of thiophene rings is 1. The second kappa shape index (κ2) is 14.0. The molecular formula is C34H32N6O4S2. The number of rotatable bonds is 11. The number of hydrogen-bond donors (Lipinski definition) is 1. The number of benzene rings is 3. The molecule has 2 amide bonds. The summed E-state index contributed by atoms with van der Waals surface area (Å²) in [5.74, 6) is 1.52. The van der Waals surface area contributed by atoms with Crippen LogP contribution in [0.1, 0.15) is 44.6 Å². The SMILES string of the molecule is COc1ccc([C@@H]2CC(c3cccs3)=NN2C(=O)CSc2nnc(CNC(=O)c3cccc(C)c3)n2-c2ccccc2OC)cc1. The summed E-state index contributed by atoms with van der Waals surface area (Å²) in [5.41, 5.74) is 4.09. The molecule has 0 spiro atoms. The molecule has 3 aromatic carbocycles. The number of thioether (sulfide) groups is 1. The van der Waals surface area contributed by atoms with Crippen LogP contribution >= 0.6 is 23.1 Å². The average molecular weight is 653 g/mol. The Morgan fingerprint density at radius 3 is 2.54 bits per heavy atom. The Hall–Kier alpha value is -4.94. The van der Waals surface area contributed by atoms with Gasteiger partial charge >= 0.3 is 0 Å². The van der Waals surface area contributed by atoms with Crippen LogP contribution in [0.5, 0.6) is 11.5 Å². The van der Waals surface area contributed by atoms with E-state index in [1.807, 2.05) is 95.7 Å². The number of hydrogen-bond acceptors (Lipinski definition) is 9. The predicted molar refractivity (Wildman–Crippen MR) is 179 cm³/mol. The van der Waals surface area contributed by atoms with Crippen molar-refractivity contribution in [1.82, 2.24) is 25.1 Å². The molecule has 0 aliphatic carbocycles. The van der Waals surface area contributed by atoms with Gasteiger partial charge in [0.15, 0.2) is 11.0 Å². The molecule has 12 heteroatoms. The van der Waals surface area contributed by atoms with Gasteiger partial charge in [-0.05, 0) is 60.3 Å². The monoisotopic (exact) mass is 652 g/mol. The highest BCUT2D eigenvalue weighted by Gasteiger charge is 2.34. The number of amides is 2. The van der Waals surface area contributed by atoms with E-state index >= 15 is 0 Å². The Morgan fingerprint density at radius 1 is 0.978 bits per heavy atom. The molecule has 1 N–H and O–H groups in total. The topological polar surface area (TPSA) is 111 Å². The van der Waals surface area contributed by atoms with E-state index in [1.54, 1.807) is 36.6 Å². The molecule has 10 nitrogen and oxygen atoms in total. The first-order valence-corrected chi connectivity index (χ1v) is 16.4. The maximum Gasteiger partial charge on any atom is 0.253 e. The third-order valence-electron chi connectivity index (χ3n) is 7.51. The van der Waals surface area contributed by atoms with Gasteiger partial charge in [0, 0.05) is 12.0 Å². The number of carbonyl (C=O) groups excluding carboxylic acids is 2. The van der Waals surface area contributed by atoms with Crippen molar-refractivity contribution in [3.63, 3.8) is 0 Å². The van der Waals surface area contributed by atoms with Gasteiger partial charge in [-0.3, -0.25) is 14.2 Å². The summed E-state index contributed by atoms with van der Waals surface area (Å²) in [6, 6.07) is 26.4. The van der Waals surface area contributed by atoms with Crippen LogP contribution in [0.25, 0.3) is 5.69 Å². The highest BCUT2D eigenvalue weighted by Crippen LogP contribution is 2.36. The number of nitrogens with zero attached hydrogens (tertiary/aromatic N) is 5. The fraction of sp³-hybridized carbons (Fsp3) is 0.206. The second-order valence-electron chi connectivity index (χ2n) is 10.5. The summed E-state index contributed by atoms with van der Waals surface area (Å²) in [7, 11) is 3.22. The van der Waals surface area contributed by atoms with Gasteiger partial charge < -0.3 is 14.8 Å². The van der Waals surface area contributed by atoms with E-state index in [0.29, 0.717) is 34.4 Å². The lowest BCUT2D eigenvalue weighted by Crippen LogP contribution is -2.28. The molecule has 0 fully saturated rings. The molecule has 1 aliphatic rings. The summed E-state index contributed by atoms with van der Waals surface area (Å²) >= 11 is 2.86. The zero-order valence-electron chi connectivity index (χ0n) is 25.5. The van der Waals surface area contributed by atoms with Crippen molar-refractivity contribution in [3.05, 3.63) is 118 Å². The largest absolute Gasteiger partial charge is 0.497 e. The van der Waals surface area contributed by atoms with Gasteiger partial charge in [0.2, 0.25) is 0 Å². The van der Waals surface area contributed by atoms with E-state index in [2.05, 4.69) is 15.5 Å². The van der Waals surface area contributed by atoms with Crippen molar-refractivity contribution >= 4 is 40.6 Å². The number of para-hydroxylation sites is 2. The van der Waals surface area contributed by atoms with E-state index < -0.39 is 0 Å². The fourth-order valence-corrected chi connectivity index (χ4v) is 6.76. The van der Waals surface area contributed by atoms with E-state index in [4.69, 9.17) is 14.6 Å². The highest BCUT2D eigenvalue weighted by atomic mass is 32.2. The molecule has 2 aromatic heterocycles. The van der Waals surface area contributed by atoms with E-state index in [-0.39, 0.29) is 30.2 Å². The third-order valence-corrected chi connectivity index (χ3v) is 9.34. The van der Waals surface area contributed by atoms with Crippen LogP contribution in [-0.4, -0.2) is 57.3 Å². The van der Waals surface area contributed by atoms with Crippen LogP contribution in [0, 0.1) is 6.92 Å². The Balaban J connectivity index is 1.25. The molecule has 234 valence electrons. The molecule has 3 heterocycles. The Labute approximate surface area is 275 Å². The molecule has 6 rings (SSSR count). The number of aryl methyl sites for hydroxylation is 1. The zero-order valence-corrected chi connectivity index (χ0v) is 27.2. The van der Waals surface area contributed by atoms with Crippen molar-refractivity contribution in [3.8, 4) is 17.2 Å². The number of hydrazone groups is 1. The minimum absolute atomic E-state index is 0.0663. The van der Waals surface area contributed by atoms with Crippen LogP contribution in [0.2, 0.25) is 0 Å². The lowest BCUT2D eigenvalue weighted by atomic mass is 10.0. The minimum atomic E-state index is -0.254. The number of ether oxygens (including phenoxy) is 2. The van der Waals surface area contributed by atoms with Gasteiger partial charge in [0.05, 0.1) is 48.8 Å². The molecule has 46 heavy (non-hydrogen) atoms. The molecule has 0 saturated carbocycles. The quantitative estimate of drug-likeness (QED) is 0.173. The Bertz CT molecular complexity index is 1870. The van der Waals surface area contributed by atoms with Crippen molar-refractivity contribution in [1.29, 1.82) is 0 Å². The molecule has 0 radical (unpaired) electrons. The first-order valence-electron chi connectivity index (χ1n) is 14.6. The number of carbonyl (C=O) groups is 2. The van der Waals surface area contributed by atoms with Gasteiger partial charge in [-0.15, -0.1) is 21.5 Å². The summed E-state index contributed by atoms with van der Waals surface area (Å²) in [5, 5.41) is 20.7. The predicted octanol–water partition coefficient (Wildman–Crippen LogP) is 6.05. The van der Waals surface area contributed by atoms with E-state index in [0.717, 1.165) is 27.5 Å². The van der Waals surface area contributed by atoms with Gasteiger partial charge in [-0.1, -0.05) is 59.8 Å². The maximum absolute atomic E-state index is 13.9. The number of nitrogens with one attached hydrogen (secondary N) is 1. The fourth-order valence-electron chi connectivity index (χ4n) is 5.22. The van der Waals surface area contributed by atoms with E-state index in [9.17, 15) is 9.59 Å². The average Bonchev–Trinajstić information content (AvgIpc) is 3.86. The number of aromatic nitrogens is 3. The van der Waals surface area contributed by atoms with Crippen molar-refractivity contribution < 1.29 is 19.1 Å². The van der Waals surface area contributed by atoms with Crippen molar-refractivity contribution in [2.45, 2.75) is 31.1 Å². The first-order chi connectivity index (χ1) is 22.4. The van der Waals surface area contributed by atoms with Crippen LogP contribution in [0.15, 0.2) is 101 Å². The third kappa shape index (κ3) is 6.68. The van der Waals surface area contributed by atoms with Gasteiger partial charge in [0.1, 0.15) is 11.5 Å². The zero-order chi connectivity index (χ0) is 32.0. The molecule has 0 saturated heterocycles. The van der Waals surface area contributed by atoms with E-state index in [1.165, 1.54) is 11.8 Å². The first kappa shape index (κ1) is 31.1. The molecular weight excluding hydrogens is 621 g/mol. The molecule has 1 aliphatic heterocycles. The summed E-state index contributed by atoms with van der Waals surface area (Å²) in [6.07, 6.45) is 0.603. The van der Waals surface area contributed by atoms with Gasteiger partial charge in [-0.25, -0.2) is 5.01 Å². The molecule has 1 atom stereocenters. The van der Waals surface area contributed by atoms with Gasteiger partial charge in [0.25, 0.3) is 11.8 Å². The standard InChI is InChI=1S/C34H32N6O4S2/c1-22-8-6-9-24(18-22)33(42)35-20-31-36-37-34(39(31)27-10-4-5-11-29(27)44-3)46-21-32(41)40-28(23-13-15-25(43-2)16-14-23)19-26(38-40)30-12-7-17-45-30/h4-18,28H,19-21H2,1-3H3,(H,35,42)/t28-/m0/s1. The Morgan fingerprint density at radius 2 is 1.80 bits per heavy atom. The van der Waals surface area contributed by atoms with Crippen LogP contribution in [0.3, 0.4) is 0 Å². The normalized spacial score (nSPS) is 14.2. The smallest absolute Gasteiger partial charge is 0.253 e. The lowest BCUT2D eigenvalue weighted by Gasteiger charge is -2.22. The molecule has 5 aromatic rings. The van der Waals surface area contributed by atoms with Gasteiger partial charge in [-0.2, -0.15) is 5.10 Å². The maximum atomic E-state index is 13.9. The van der Waals surface area contributed by atoms with Crippen LogP contribution < -0.4 is 14.8 Å². The number of methoxy groups -OCH3 is 2. The highest BCUT2D eigenvalue weighted by molar-refractivity contribution is 7.99. The van der Waals surface area contributed by atoms with Crippen molar-refractivity contribution in [2.24, 2.45) is 5.10 Å². The van der Waals surface area contributed by atoms with Crippen LogP contribution in [0.4, 0.5) is 0 Å².